The normalized spacial score (nSPS) is 12.5. The lowest BCUT2D eigenvalue weighted by Gasteiger charge is -2.24. The number of hydrogen-bond acceptors (Lipinski definition) is 5. The molecule has 0 bridgehead atoms. The maximum absolute atomic E-state index is 13.2. The Hall–Kier alpha value is -3.72. The quantitative estimate of drug-likeness (QED) is 0.573. The van der Waals surface area contributed by atoms with Crippen LogP contribution >= 0.6 is 0 Å². The van der Waals surface area contributed by atoms with E-state index < -0.39 is 18.0 Å². The number of carbonyl (C=O) groups excluding carboxylic acids is 1. The van der Waals surface area contributed by atoms with Crippen molar-refractivity contribution in [3.05, 3.63) is 59.0 Å². The van der Waals surface area contributed by atoms with Crippen LogP contribution in [0.25, 0.3) is 23.1 Å². The molecule has 1 heterocycles. The van der Waals surface area contributed by atoms with Crippen LogP contribution in [0.3, 0.4) is 0 Å². The monoisotopic (exact) mass is 426 g/mol. The second kappa shape index (κ2) is 8.97. The summed E-state index contributed by atoms with van der Waals surface area (Å²) in [5.41, 5.74) is 7.18. The number of carboxylic acid groups (broad SMARTS) is 1. The first kappa shape index (κ1) is 22.0. The summed E-state index contributed by atoms with van der Waals surface area (Å²) in [5, 5.41) is 14.7. The molecule has 0 aliphatic heterocycles. The van der Waals surface area contributed by atoms with Gasteiger partial charge in [0.05, 0.1) is 30.1 Å². The third kappa shape index (κ3) is 4.56. The second-order valence-corrected chi connectivity index (χ2v) is 7.18. The predicted octanol–water partition coefficient (Wildman–Crippen LogP) is 2.99. The third-order valence-corrected chi connectivity index (χ3v) is 4.85. The summed E-state index contributed by atoms with van der Waals surface area (Å²) in [5.74, 6) is -1.83. The van der Waals surface area contributed by atoms with Crippen molar-refractivity contribution in [2.24, 2.45) is 5.73 Å². The molecule has 0 fully saturated rings. The molecule has 1 atom stereocenters. The SMILES string of the molecule is COc1c(C(=O)O)ccc2c1c(C=Cc1ccc(F)cc1)nn2C(CC(N)=O)N(C)C. The number of primary amides is 1. The van der Waals surface area contributed by atoms with E-state index in [0.717, 1.165) is 5.56 Å². The van der Waals surface area contributed by atoms with Crippen LogP contribution in [-0.4, -0.2) is 52.9 Å². The summed E-state index contributed by atoms with van der Waals surface area (Å²) < 4.78 is 20.3. The lowest BCUT2D eigenvalue weighted by atomic mass is 10.1. The topological polar surface area (TPSA) is 111 Å². The van der Waals surface area contributed by atoms with E-state index in [9.17, 15) is 19.1 Å². The van der Waals surface area contributed by atoms with Crippen molar-refractivity contribution < 1.29 is 23.8 Å². The number of hydrogen-bond donors (Lipinski definition) is 2. The number of fused-ring (bicyclic) bond motifs is 1. The van der Waals surface area contributed by atoms with Crippen molar-refractivity contribution in [2.45, 2.75) is 12.6 Å². The lowest BCUT2D eigenvalue weighted by Crippen LogP contribution is -2.31. The van der Waals surface area contributed by atoms with E-state index in [0.29, 0.717) is 16.6 Å². The van der Waals surface area contributed by atoms with Gasteiger partial charge in [-0.3, -0.25) is 9.69 Å². The number of halogens is 1. The molecule has 3 N–H and O–H groups in total. The number of aromatic nitrogens is 2. The van der Waals surface area contributed by atoms with Gasteiger partial charge in [-0.25, -0.2) is 13.9 Å². The van der Waals surface area contributed by atoms with Gasteiger partial charge in [-0.05, 0) is 50.0 Å². The highest BCUT2D eigenvalue weighted by Crippen LogP contribution is 2.35. The van der Waals surface area contributed by atoms with Crippen LogP contribution < -0.4 is 10.5 Å². The van der Waals surface area contributed by atoms with Gasteiger partial charge in [-0.1, -0.05) is 18.2 Å². The van der Waals surface area contributed by atoms with Crippen molar-refractivity contribution in [1.82, 2.24) is 14.7 Å². The summed E-state index contributed by atoms with van der Waals surface area (Å²) in [6, 6.07) is 8.97. The lowest BCUT2D eigenvalue weighted by molar-refractivity contribution is -0.119. The summed E-state index contributed by atoms with van der Waals surface area (Å²) >= 11 is 0. The molecule has 3 rings (SSSR count). The molecule has 0 spiro atoms. The Balaban J connectivity index is 2.25. The fraction of sp³-hybridized carbons (Fsp3) is 0.227. The fourth-order valence-electron chi connectivity index (χ4n) is 3.37. The van der Waals surface area contributed by atoms with Gasteiger partial charge in [0, 0.05) is 0 Å². The number of methoxy groups -OCH3 is 1. The fourth-order valence-corrected chi connectivity index (χ4v) is 3.37. The first-order valence-corrected chi connectivity index (χ1v) is 9.43. The molecular formula is C22H23FN4O4. The molecule has 1 unspecified atom stereocenters. The number of benzene rings is 2. The van der Waals surface area contributed by atoms with Crippen molar-refractivity contribution >= 4 is 34.9 Å². The van der Waals surface area contributed by atoms with E-state index in [1.807, 2.05) is 0 Å². The molecule has 2 aromatic carbocycles. The molecule has 1 amide bonds. The van der Waals surface area contributed by atoms with Crippen molar-refractivity contribution in [2.75, 3.05) is 21.2 Å². The summed E-state index contributed by atoms with van der Waals surface area (Å²) in [7, 11) is 4.97. The number of ether oxygens (including phenoxy) is 1. The van der Waals surface area contributed by atoms with E-state index in [1.54, 1.807) is 54.0 Å². The van der Waals surface area contributed by atoms with Crippen LogP contribution in [0, 0.1) is 5.82 Å². The number of carboxylic acids is 1. The molecular weight excluding hydrogens is 403 g/mol. The zero-order chi connectivity index (χ0) is 22.7. The van der Waals surface area contributed by atoms with Gasteiger partial charge in [0.1, 0.15) is 23.3 Å². The van der Waals surface area contributed by atoms with Crippen molar-refractivity contribution in [3.63, 3.8) is 0 Å². The molecule has 8 nitrogen and oxygen atoms in total. The van der Waals surface area contributed by atoms with E-state index in [2.05, 4.69) is 5.10 Å². The van der Waals surface area contributed by atoms with Crippen molar-refractivity contribution in [3.8, 4) is 5.75 Å². The predicted molar refractivity (Wildman–Crippen MR) is 115 cm³/mol. The Bertz CT molecular complexity index is 1150. The average Bonchev–Trinajstić information content (AvgIpc) is 3.09. The van der Waals surface area contributed by atoms with Gasteiger partial charge in [0.15, 0.2) is 0 Å². The maximum Gasteiger partial charge on any atom is 0.339 e. The smallest absolute Gasteiger partial charge is 0.339 e. The molecule has 0 aliphatic carbocycles. The molecule has 31 heavy (non-hydrogen) atoms. The van der Waals surface area contributed by atoms with Crippen LogP contribution in [0.5, 0.6) is 5.75 Å². The van der Waals surface area contributed by atoms with Gasteiger partial charge in [-0.15, -0.1) is 0 Å². The minimum absolute atomic E-state index is 0.00783. The van der Waals surface area contributed by atoms with Crippen molar-refractivity contribution in [1.29, 1.82) is 0 Å². The number of nitrogens with zero attached hydrogens (tertiary/aromatic N) is 3. The van der Waals surface area contributed by atoms with E-state index >= 15 is 0 Å². The number of aromatic carboxylic acids is 1. The van der Waals surface area contributed by atoms with Crippen LogP contribution in [0.15, 0.2) is 36.4 Å². The molecule has 9 heteroatoms. The largest absolute Gasteiger partial charge is 0.495 e. The molecule has 0 saturated carbocycles. The zero-order valence-corrected chi connectivity index (χ0v) is 17.4. The highest BCUT2D eigenvalue weighted by atomic mass is 19.1. The van der Waals surface area contributed by atoms with Crippen LogP contribution in [0.4, 0.5) is 4.39 Å². The van der Waals surface area contributed by atoms with Gasteiger partial charge < -0.3 is 15.6 Å². The van der Waals surface area contributed by atoms with Crippen LogP contribution in [0.1, 0.15) is 34.2 Å². The van der Waals surface area contributed by atoms with E-state index in [4.69, 9.17) is 10.5 Å². The van der Waals surface area contributed by atoms with E-state index in [-0.39, 0.29) is 23.6 Å². The molecule has 162 valence electrons. The number of rotatable bonds is 8. The Kier molecular flexibility index (Phi) is 6.36. The second-order valence-electron chi connectivity index (χ2n) is 7.18. The van der Waals surface area contributed by atoms with Gasteiger partial charge >= 0.3 is 5.97 Å². The molecule has 0 aliphatic rings. The summed E-state index contributed by atoms with van der Waals surface area (Å²) in [6.45, 7) is 0. The summed E-state index contributed by atoms with van der Waals surface area (Å²) in [6.07, 6.45) is 2.94. The Labute approximate surface area is 178 Å². The maximum atomic E-state index is 13.2. The Morgan fingerprint density at radius 2 is 1.90 bits per heavy atom. The van der Waals surface area contributed by atoms with Gasteiger partial charge in [0.25, 0.3) is 0 Å². The molecule has 3 aromatic rings. The van der Waals surface area contributed by atoms with Crippen LogP contribution in [0.2, 0.25) is 0 Å². The minimum Gasteiger partial charge on any atom is -0.495 e. The average molecular weight is 426 g/mol. The van der Waals surface area contributed by atoms with Gasteiger partial charge in [0.2, 0.25) is 5.91 Å². The Morgan fingerprint density at radius 3 is 2.45 bits per heavy atom. The minimum atomic E-state index is -1.14. The first-order chi connectivity index (χ1) is 14.7. The summed E-state index contributed by atoms with van der Waals surface area (Å²) in [4.78, 5) is 25.1. The van der Waals surface area contributed by atoms with E-state index in [1.165, 1.54) is 25.3 Å². The zero-order valence-electron chi connectivity index (χ0n) is 17.4. The standard InChI is InChI=1S/C22H23FN4O4/c1-26(2)19(12-18(24)28)27-17-11-9-15(22(29)30)21(31-3)20(17)16(25-27)10-6-13-4-7-14(23)8-5-13/h4-11,19H,12H2,1-3H3,(H2,24,28)(H,29,30). The highest BCUT2D eigenvalue weighted by molar-refractivity contribution is 6.03. The molecule has 0 radical (unpaired) electrons. The number of carbonyl (C=O) groups is 2. The third-order valence-electron chi connectivity index (χ3n) is 4.85. The highest BCUT2D eigenvalue weighted by Gasteiger charge is 2.25. The Morgan fingerprint density at radius 1 is 1.23 bits per heavy atom. The van der Waals surface area contributed by atoms with Gasteiger partial charge in [-0.2, -0.15) is 5.10 Å². The molecule has 1 aromatic heterocycles. The molecule has 0 saturated heterocycles. The number of amides is 1. The number of nitrogens with two attached hydrogens (primary N) is 1. The first-order valence-electron chi connectivity index (χ1n) is 9.43. The van der Waals surface area contributed by atoms with Crippen LogP contribution in [-0.2, 0) is 4.79 Å².